The normalized spacial score (nSPS) is 12.9. The van der Waals surface area contributed by atoms with E-state index in [1.165, 1.54) is 0 Å². The Morgan fingerprint density at radius 3 is 2.38 bits per heavy atom. The quantitative estimate of drug-likeness (QED) is 0.734. The highest BCUT2D eigenvalue weighted by Gasteiger charge is 2.24. The van der Waals surface area contributed by atoms with Gasteiger partial charge >= 0.3 is 0 Å². The third-order valence-electron chi connectivity index (χ3n) is 3.87. The Labute approximate surface area is 147 Å². The minimum Gasteiger partial charge on any atom is -0.207 e. The van der Waals surface area contributed by atoms with Crippen molar-refractivity contribution in [3.05, 3.63) is 87.6 Å². The first-order valence-electron chi connectivity index (χ1n) is 7.65. The van der Waals surface area contributed by atoms with E-state index < -0.39 is 16.1 Å². The second kappa shape index (κ2) is 6.89. The number of hydrogen-bond acceptors (Lipinski definition) is 3. The molecule has 124 valence electrons. The number of aryl methyl sites for hydroxylation is 2. The van der Waals surface area contributed by atoms with Crippen molar-refractivity contribution in [3.8, 4) is 0 Å². The van der Waals surface area contributed by atoms with Crippen molar-refractivity contribution in [3.63, 3.8) is 0 Å². The summed E-state index contributed by atoms with van der Waals surface area (Å²) < 4.78 is 28.8. The number of sulfonamides is 1. The fourth-order valence-corrected chi connectivity index (χ4v) is 5.02. The van der Waals surface area contributed by atoms with Gasteiger partial charge in [0, 0.05) is 4.88 Å². The molecule has 0 aliphatic rings. The molecule has 2 aromatic carbocycles. The smallest absolute Gasteiger partial charge is 0.207 e. The zero-order valence-corrected chi connectivity index (χ0v) is 15.2. The molecule has 0 aliphatic carbocycles. The lowest BCUT2D eigenvalue weighted by molar-refractivity contribution is 0.572. The van der Waals surface area contributed by atoms with E-state index in [4.69, 9.17) is 0 Å². The van der Waals surface area contributed by atoms with E-state index in [2.05, 4.69) is 4.72 Å². The topological polar surface area (TPSA) is 46.2 Å². The van der Waals surface area contributed by atoms with Crippen LogP contribution in [0.3, 0.4) is 0 Å². The molecule has 3 aromatic rings. The monoisotopic (exact) mass is 357 g/mol. The Hall–Kier alpha value is -1.95. The highest BCUT2D eigenvalue weighted by atomic mass is 32.2. The number of hydrogen-bond donors (Lipinski definition) is 1. The maximum Gasteiger partial charge on any atom is 0.241 e. The lowest BCUT2D eigenvalue weighted by Crippen LogP contribution is -2.29. The van der Waals surface area contributed by atoms with Gasteiger partial charge in [-0.3, -0.25) is 0 Å². The zero-order valence-electron chi connectivity index (χ0n) is 13.6. The van der Waals surface area contributed by atoms with Crippen LogP contribution in [0.15, 0.2) is 70.9 Å². The van der Waals surface area contributed by atoms with Crippen LogP contribution < -0.4 is 4.72 Å². The molecule has 0 spiro atoms. The summed E-state index contributed by atoms with van der Waals surface area (Å²) in [6, 6.07) is 18.6. The van der Waals surface area contributed by atoms with E-state index >= 15 is 0 Å². The second-order valence-electron chi connectivity index (χ2n) is 5.75. The maximum absolute atomic E-state index is 13.0. The zero-order chi connectivity index (χ0) is 17.2. The van der Waals surface area contributed by atoms with E-state index in [1.54, 1.807) is 17.4 Å². The summed E-state index contributed by atoms with van der Waals surface area (Å²) in [4.78, 5) is 1.30. The fraction of sp³-hybridized carbons (Fsp3) is 0.158. The van der Waals surface area contributed by atoms with Crippen molar-refractivity contribution in [1.82, 2.24) is 4.72 Å². The summed E-state index contributed by atoms with van der Waals surface area (Å²) in [7, 11) is -3.63. The molecule has 1 atom stereocenters. The molecule has 24 heavy (non-hydrogen) atoms. The van der Waals surface area contributed by atoms with Gasteiger partial charge in [-0.1, -0.05) is 48.5 Å². The van der Waals surface area contributed by atoms with Crippen LogP contribution in [-0.4, -0.2) is 8.42 Å². The molecular weight excluding hydrogens is 338 g/mol. The fourth-order valence-electron chi connectivity index (χ4n) is 2.61. The minimum atomic E-state index is -3.63. The van der Waals surface area contributed by atoms with Gasteiger partial charge in [0.1, 0.15) is 0 Å². The van der Waals surface area contributed by atoms with Crippen molar-refractivity contribution < 1.29 is 8.42 Å². The Balaban J connectivity index is 2.03. The van der Waals surface area contributed by atoms with Crippen molar-refractivity contribution in [1.29, 1.82) is 0 Å². The average Bonchev–Trinajstić information content (AvgIpc) is 3.10. The van der Waals surface area contributed by atoms with Crippen molar-refractivity contribution in [2.24, 2.45) is 0 Å². The summed E-state index contributed by atoms with van der Waals surface area (Å²) in [6.45, 7) is 3.71. The van der Waals surface area contributed by atoms with Crippen LogP contribution in [0.5, 0.6) is 0 Å². The Kier molecular flexibility index (Phi) is 4.85. The van der Waals surface area contributed by atoms with Crippen molar-refractivity contribution in [2.75, 3.05) is 0 Å². The summed E-state index contributed by atoms with van der Waals surface area (Å²) in [5, 5.41) is 1.96. The average molecular weight is 358 g/mol. The standard InChI is InChI=1S/C19H19NO2S2/c1-14-10-11-15(2)18(13-14)24(21,22)20-19(17-9-6-12-23-17)16-7-4-3-5-8-16/h3-13,19-20H,1-2H3/t19-/m1/s1. The third-order valence-corrected chi connectivity index (χ3v) is 6.37. The Morgan fingerprint density at radius 1 is 0.958 bits per heavy atom. The summed E-state index contributed by atoms with van der Waals surface area (Å²) in [5.74, 6) is 0. The predicted molar refractivity (Wildman–Crippen MR) is 98.8 cm³/mol. The largest absolute Gasteiger partial charge is 0.241 e. The molecule has 1 heterocycles. The van der Waals surface area contributed by atoms with Gasteiger partial charge in [0.15, 0.2) is 0 Å². The molecule has 0 radical (unpaired) electrons. The molecule has 0 saturated heterocycles. The van der Waals surface area contributed by atoms with Gasteiger partial charge in [-0.05, 0) is 48.1 Å². The van der Waals surface area contributed by atoms with Crippen LogP contribution in [0.2, 0.25) is 0 Å². The second-order valence-corrected chi connectivity index (χ2v) is 8.41. The lowest BCUT2D eigenvalue weighted by atomic mass is 10.1. The lowest BCUT2D eigenvalue weighted by Gasteiger charge is -2.19. The van der Waals surface area contributed by atoms with Crippen LogP contribution >= 0.6 is 11.3 Å². The summed E-state index contributed by atoms with van der Waals surface area (Å²) in [5.41, 5.74) is 2.59. The Morgan fingerprint density at radius 2 is 1.71 bits per heavy atom. The molecule has 3 rings (SSSR count). The van der Waals surface area contributed by atoms with Crippen LogP contribution in [0.1, 0.15) is 27.6 Å². The first-order chi connectivity index (χ1) is 11.5. The summed E-state index contributed by atoms with van der Waals surface area (Å²) in [6.07, 6.45) is 0. The molecule has 3 nitrogen and oxygen atoms in total. The molecule has 1 aromatic heterocycles. The van der Waals surface area contributed by atoms with E-state index in [0.29, 0.717) is 4.90 Å². The van der Waals surface area contributed by atoms with Gasteiger partial charge in [0.05, 0.1) is 10.9 Å². The van der Waals surface area contributed by atoms with Crippen LogP contribution in [0, 0.1) is 13.8 Å². The maximum atomic E-state index is 13.0. The highest BCUT2D eigenvalue weighted by Crippen LogP contribution is 2.28. The number of rotatable bonds is 5. The van der Waals surface area contributed by atoms with Gasteiger partial charge in [0.25, 0.3) is 0 Å². The van der Waals surface area contributed by atoms with Gasteiger partial charge in [-0.25, -0.2) is 8.42 Å². The number of benzene rings is 2. The van der Waals surface area contributed by atoms with Crippen molar-refractivity contribution >= 4 is 21.4 Å². The Bertz CT molecular complexity index is 917. The van der Waals surface area contributed by atoms with E-state index in [9.17, 15) is 8.42 Å². The molecule has 0 amide bonds. The highest BCUT2D eigenvalue weighted by molar-refractivity contribution is 7.89. The van der Waals surface area contributed by atoms with Crippen LogP contribution in [0.4, 0.5) is 0 Å². The molecule has 0 aliphatic heterocycles. The predicted octanol–water partition coefficient (Wildman–Crippen LogP) is 4.43. The molecule has 0 bridgehead atoms. The molecule has 0 fully saturated rings. The number of nitrogens with one attached hydrogen (secondary N) is 1. The van der Waals surface area contributed by atoms with E-state index in [-0.39, 0.29) is 0 Å². The molecular formula is C19H19NO2S2. The summed E-state index contributed by atoms with van der Waals surface area (Å²) >= 11 is 1.54. The van der Waals surface area contributed by atoms with Gasteiger partial charge in [0.2, 0.25) is 10.0 Å². The molecule has 0 unspecified atom stereocenters. The first-order valence-corrected chi connectivity index (χ1v) is 10.0. The van der Waals surface area contributed by atoms with E-state index in [0.717, 1.165) is 21.6 Å². The molecule has 5 heteroatoms. The van der Waals surface area contributed by atoms with Gasteiger partial charge in [-0.15, -0.1) is 11.3 Å². The van der Waals surface area contributed by atoms with E-state index in [1.807, 2.05) is 73.8 Å². The minimum absolute atomic E-state index is 0.333. The molecule has 1 N–H and O–H groups in total. The van der Waals surface area contributed by atoms with Crippen LogP contribution in [-0.2, 0) is 10.0 Å². The first kappa shape index (κ1) is 16.9. The number of thiophene rings is 1. The third kappa shape index (κ3) is 3.59. The van der Waals surface area contributed by atoms with Gasteiger partial charge < -0.3 is 0 Å². The van der Waals surface area contributed by atoms with Crippen molar-refractivity contribution in [2.45, 2.75) is 24.8 Å². The van der Waals surface area contributed by atoms with Crippen LogP contribution in [0.25, 0.3) is 0 Å². The SMILES string of the molecule is Cc1ccc(C)c(S(=O)(=O)N[C@H](c2ccccc2)c2cccs2)c1. The van der Waals surface area contributed by atoms with Gasteiger partial charge in [-0.2, -0.15) is 4.72 Å². The molecule has 0 saturated carbocycles.